The van der Waals surface area contributed by atoms with E-state index >= 15 is 0 Å². The Labute approximate surface area is 132 Å². The second kappa shape index (κ2) is 7.61. The number of amides is 1. The molecule has 0 saturated carbocycles. The summed E-state index contributed by atoms with van der Waals surface area (Å²) in [6.07, 6.45) is 2.01. The molecule has 1 heterocycles. The topological polar surface area (TPSA) is 61.8 Å². The number of hydrogen-bond acceptors (Lipinski definition) is 4. The Kier molecular flexibility index (Phi) is 5.80. The molecule has 1 aliphatic heterocycles. The number of nitrogens with one attached hydrogen (secondary N) is 1. The number of rotatable bonds is 7. The molecule has 22 heavy (non-hydrogen) atoms. The van der Waals surface area contributed by atoms with E-state index in [9.17, 15) is 9.90 Å². The molecular formula is C17H26N2O3. The van der Waals surface area contributed by atoms with Crippen molar-refractivity contribution in [2.75, 3.05) is 25.5 Å². The third kappa shape index (κ3) is 4.21. The van der Waals surface area contributed by atoms with Crippen LogP contribution in [0.1, 0.15) is 44.8 Å². The minimum atomic E-state index is -0.536. The van der Waals surface area contributed by atoms with E-state index in [2.05, 4.69) is 24.2 Å². The Morgan fingerprint density at radius 1 is 1.41 bits per heavy atom. The van der Waals surface area contributed by atoms with E-state index < -0.39 is 12.2 Å². The van der Waals surface area contributed by atoms with Gasteiger partial charge in [0.1, 0.15) is 5.75 Å². The van der Waals surface area contributed by atoms with Gasteiger partial charge in [-0.25, -0.2) is 0 Å². The zero-order valence-electron chi connectivity index (χ0n) is 13.6. The maximum atomic E-state index is 11.6. The Hall–Kier alpha value is -1.59. The summed E-state index contributed by atoms with van der Waals surface area (Å²) in [6, 6.07) is 5.47. The number of hydrogen-bond donors (Lipinski definition) is 2. The second-order valence-corrected chi connectivity index (χ2v) is 5.97. The van der Waals surface area contributed by atoms with Gasteiger partial charge in [0, 0.05) is 6.54 Å². The van der Waals surface area contributed by atoms with Crippen LogP contribution in [0, 0.1) is 0 Å². The van der Waals surface area contributed by atoms with E-state index in [0.717, 1.165) is 18.7 Å². The summed E-state index contributed by atoms with van der Waals surface area (Å²) < 4.78 is 5.52. The van der Waals surface area contributed by atoms with Crippen molar-refractivity contribution in [2.24, 2.45) is 0 Å². The fourth-order valence-corrected chi connectivity index (χ4v) is 2.48. The molecular weight excluding hydrogens is 280 g/mol. The van der Waals surface area contributed by atoms with Gasteiger partial charge in [0.05, 0.1) is 11.8 Å². The number of anilines is 1. The number of ether oxygens (including phenoxy) is 1. The number of benzene rings is 1. The summed E-state index contributed by atoms with van der Waals surface area (Å²) >= 11 is 0. The first-order valence-electron chi connectivity index (χ1n) is 7.99. The average Bonchev–Trinajstić information content (AvgIpc) is 2.51. The maximum absolute atomic E-state index is 11.6. The number of carbonyl (C=O) groups excluding carboxylic acids is 1. The van der Waals surface area contributed by atoms with Crippen LogP contribution < -0.4 is 10.1 Å². The van der Waals surface area contributed by atoms with Crippen molar-refractivity contribution in [3.05, 3.63) is 23.8 Å². The van der Waals surface area contributed by atoms with Crippen molar-refractivity contribution in [1.29, 1.82) is 0 Å². The second-order valence-electron chi connectivity index (χ2n) is 5.97. The average molecular weight is 306 g/mol. The Balaban J connectivity index is 1.95. The largest absolute Gasteiger partial charge is 0.479 e. The fourth-order valence-electron chi connectivity index (χ4n) is 2.48. The molecule has 0 fully saturated rings. The lowest BCUT2D eigenvalue weighted by Crippen LogP contribution is -2.34. The molecule has 2 atom stereocenters. The smallest absolute Gasteiger partial charge is 0.265 e. The van der Waals surface area contributed by atoms with Gasteiger partial charge in [-0.05, 0) is 51.1 Å². The Morgan fingerprint density at radius 3 is 2.91 bits per heavy atom. The molecule has 2 rings (SSSR count). The van der Waals surface area contributed by atoms with E-state index in [1.807, 2.05) is 12.1 Å². The minimum absolute atomic E-state index is 0.154. The third-order valence-corrected chi connectivity index (χ3v) is 4.00. The fraction of sp³-hybridized carbons (Fsp3) is 0.588. The van der Waals surface area contributed by atoms with Gasteiger partial charge in [0.15, 0.2) is 6.10 Å². The number of aliphatic hydroxyl groups is 1. The molecule has 122 valence electrons. The first kappa shape index (κ1) is 16.8. The standard InChI is InChI=1S/C17H26N2O3/c1-4-5-9-19(3)10-8-15(20)13-6-7-16-14(11-13)18-17(21)12(2)22-16/h6-7,11-12,15,20H,4-5,8-10H2,1-3H3,(H,18,21). The normalized spacial score (nSPS) is 18.6. The highest BCUT2D eigenvalue weighted by Crippen LogP contribution is 2.32. The van der Waals surface area contributed by atoms with E-state index in [0.29, 0.717) is 17.9 Å². The van der Waals surface area contributed by atoms with E-state index in [1.165, 1.54) is 12.8 Å². The van der Waals surface area contributed by atoms with Crippen LogP contribution in [0.4, 0.5) is 5.69 Å². The summed E-state index contributed by atoms with van der Waals surface area (Å²) in [7, 11) is 2.07. The summed E-state index contributed by atoms with van der Waals surface area (Å²) in [5.74, 6) is 0.501. The van der Waals surface area contributed by atoms with Gasteiger partial charge in [-0.1, -0.05) is 19.4 Å². The van der Waals surface area contributed by atoms with Crippen molar-refractivity contribution in [2.45, 2.75) is 45.3 Å². The summed E-state index contributed by atoms with van der Waals surface area (Å²) in [6.45, 7) is 5.79. The SMILES string of the molecule is CCCCN(C)CCC(O)c1ccc2c(c1)NC(=O)C(C)O2. The van der Waals surface area contributed by atoms with E-state index in [4.69, 9.17) is 4.74 Å². The molecule has 1 amide bonds. The molecule has 5 heteroatoms. The van der Waals surface area contributed by atoms with E-state index in [1.54, 1.807) is 13.0 Å². The Morgan fingerprint density at radius 2 is 2.18 bits per heavy atom. The number of fused-ring (bicyclic) bond motifs is 1. The molecule has 1 aliphatic rings. The molecule has 0 spiro atoms. The van der Waals surface area contributed by atoms with Crippen LogP contribution in [0.5, 0.6) is 5.75 Å². The lowest BCUT2D eigenvalue weighted by atomic mass is 10.0. The molecule has 0 aliphatic carbocycles. The van der Waals surface area contributed by atoms with Gasteiger partial charge < -0.3 is 20.1 Å². The van der Waals surface area contributed by atoms with Gasteiger partial charge in [-0.2, -0.15) is 0 Å². The highest BCUT2D eigenvalue weighted by molar-refractivity contribution is 5.97. The predicted octanol–water partition coefficient (Wildman–Crippen LogP) is 2.56. The van der Waals surface area contributed by atoms with Crippen molar-refractivity contribution in [1.82, 2.24) is 4.90 Å². The van der Waals surface area contributed by atoms with Gasteiger partial charge in [0.2, 0.25) is 0 Å². The van der Waals surface area contributed by atoms with Crippen LogP contribution in [0.25, 0.3) is 0 Å². The van der Waals surface area contributed by atoms with Gasteiger partial charge in [0.25, 0.3) is 5.91 Å². The van der Waals surface area contributed by atoms with Gasteiger partial charge in [-0.15, -0.1) is 0 Å². The van der Waals surface area contributed by atoms with Gasteiger partial charge in [-0.3, -0.25) is 4.79 Å². The lowest BCUT2D eigenvalue weighted by molar-refractivity contribution is -0.122. The number of unbranched alkanes of at least 4 members (excludes halogenated alkanes) is 1. The summed E-state index contributed by atoms with van der Waals surface area (Å²) in [5.41, 5.74) is 1.44. The monoisotopic (exact) mass is 306 g/mol. The highest BCUT2D eigenvalue weighted by atomic mass is 16.5. The van der Waals surface area contributed by atoms with Crippen molar-refractivity contribution >= 4 is 11.6 Å². The summed E-state index contributed by atoms with van der Waals surface area (Å²) in [5, 5.41) is 13.1. The molecule has 1 aromatic rings. The van der Waals surface area contributed by atoms with Crippen LogP contribution in [0.3, 0.4) is 0 Å². The zero-order chi connectivity index (χ0) is 16.1. The molecule has 0 bridgehead atoms. The molecule has 5 nitrogen and oxygen atoms in total. The zero-order valence-corrected chi connectivity index (χ0v) is 13.6. The lowest BCUT2D eigenvalue weighted by Gasteiger charge is -2.24. The minimum Gasteiger partial charge on any atom is -0.479 e. The first-order chi connectivity index (χ1) is 10.5. The van der Waals surface area contributed by atoms with Crippen LogP contribution in [-0.2, 0) is 4.79 Å². The van der Waals surface area contributed by atoms with Crippen molar-refractivity contribution < 1.29 is 14.6 Å². The van der Waals surface area contributed by atoms with Gasteiger partial charge >= 0.3 is 0 Å². The van der Waals surface area contributed by atoms with Crippen LogP contribution in [-0.4, -0.2) is 42.2 Å². The molecule has 0 radical (unpaired) electrons. The molecule has 1 aromatic carbocycles. The highest BCUT2D eigenvalue weighted by Gasteiger charge is 2.24. The molecule has 2 unspecified atom stereocenters. The number of carbonyl (C=O) groups is 1. The van der Waals surface area contributed by atoms with Crippen molar-refractivity contribution in [3.8, 4) is 5.75 Å². The molecule has 0 saturated heterocycles. The maximum Gasteiger partial charge on any atom is 0.265 e. The van der Waals surface area contributed by atoms with Crippen molar-refractivity contribution in [3.63, 3.8) is 0 Å². The third-order valence-electron chi connectivity index (χ3n) is 4.00. The van der Waals surface area contributed by atoms with E-state index in [-0.39, 0.29) is 5.91 Å². The predicted molar refractivity (Wildman–Crippen MR) is 87.1 cm³/mol. The summed E-state index contributed by atoms with van der Waals surface area (Å²) in [4.78, 5) is 13.9. The number of nitrogens with zero attached hydrogens (tertiary/aromatic N) is 1. The molecule has 2 N–H and O–H groups in total. The number of aliphatic hydroxyl groups excluding tert-OH is 1. The molecule has 0 aromatic heterocycles. The van der Waals surface area contributed by atoms with Crippen LogP contribution in [0.2, 0.25) is 0 Å². The van der Waals surface area contributed by atoms with Crippen LogP contribution in [0.15, 0.2) is 18.2 Å². The van der Waals surface area contributed by atoms with Crippen LogP contribution >= 0.6 is 0 Å². The Bertz CT molecular complexity index is 519. The quantitative estimate of drug-likeness (QED) is 0.813. The first-order valence-corrected chi connectivity index (χ1v) is 7.99.